The van der Waals surface area contributed by atoms with Crippen LogP contribution in [-0.4, -0.2) is 38.1 Å². The SMILES string of the molecule is CN(Cc1ccccc1NC(=O)c1ccc(S(=O)(=O)C(F)F)cc1)C1CCCCC1. The number of sulfone groups is 1. The van der Waals surface area contributed by atoms with Crippen molar-refractivity contribution in [1.29, 1.82) is 0 Å². The molecule has 1 aliphatic rings. The van der Waals surface area contributed by atoms with Gasteiger partial charge in [-0.2, -0.15) is 8.78 Å². The average Bonchev–Trinajstić information content (AvgIpc) is 2.75. The van der Waals surface area contributed by atoms with E-state index >= 15 is 0 Å². The van der Waals surface area contributed by atoms with Crippen LogP contribution in [0.1, 0.15) is 48.0 Å². The number of nitrogens with one attached hydrogen (secondary N) is 1. The van der Waals surface area contributed by atoms with Gasteiger partial charge in [0.15, 0.2) is 0 Å². The van der Waals surface area contributed by atoms with Crippen LogP contribution < -0.4 is 5.32 Å². The third-order valence-electron chi connectivity index (χ3n) is 5.56. The van der Waals surface area contributed by atoms with Crippen molar-refractivity contribution in [3.8, 4) is 0 Å². The summed E-state index contributed by atoms with van der Waals surface area (Å²) < 4.78 is 48.4. The first-order valence-electron chi connectivity index (χ1n) is 10.0. The molecule has 0 unspecified atom stereocenters. The second kappa shape index (κ2) is 9.66. The van der Waals surface area contributed by atoms with Gasteiger partial charge in [0.2, 0.25) is 9.84 Å². The molecule has 0 heterocycles. The van der Waals surface area contributed by atoms with Crippen molar-refractivity contribution in [2.75, 3.05) is 12.4 Å². The highest BCUT2D eigenvalue weighted by molar-refractivity contribution is 7.91. The first kappa shape index (κ1) is 22.4. The molecule has 0 atom stereocenters. The first-order valence-corrected chi connectivity index (χ1v) is 11.6. The van der Waals surface area contributed by atoms with Gasteiger partial charge in [-0.15, -0.1) is 0 Å². The number of carbonyl (C=O) groups excluding carboxylic acids is 1. The lowest BCUT2D eigenvalue weighted by atomic mass is 9.94. The first-order chi connectivity index (χ1) is 14.3. The highest BCUT2D eigenvalue weighted by Gasteiger charge is 2.26. The minimum absolute atomic E-state index is 0.193. The van der Waals surface area contributed by atoms with Crippen molar-refractivity contribution in [1.82, 2.24) is 4.90 Å². The van der Waals surface area contributed by atoms with Crippen LogP contribution in [0.15, 0.2) is 53.4 Å². The molecule has 0 bridgehead atoms. The Morgan fingerprint density at radius 2 is 1.70 bits per heavy atom. The molecule has 2 aromatic carbocycles. The molecule has 8 heteroatoms. The molecule has 2 aromatic rings. The summed E-state index contributed by atoms with van der Waals surface area (Å²) in [6, 6.07) is 12.6. The van der Waals surface area contributed by atoms with Crippen LogP contribution in [0.2, 0.25) is 0 Å². The number of hydrogen-bond acceptors (Lipinski definition) is 4. The Balaban J connectivity index is 1.71. The highest BCUT2D eigenvalue weighted by atomic mass is 32.2. The second-order valence-corrected chi connectivity index (χ2v) is 9.57. The van der Waals surface area contributed by atoms with Crippen molar-refractivity contribution in [3.63, 3.8) is 0 Å². The van der Waals surface area contributed by atoms with E-state index in [0.717, 1.165) is 17.7 Å². The third-order valence-corrected chi connectivity index (χ3v) is 6.96. The van der Waals surface area contributed by atoms with Crippen molar-refractivity contribution >= 4 is 21.4 Å². The van der Waals surface area contributed by atoms with Gasteiger partial charge in [0, 0.05) is 23.8 Å². The lowest BCUT2D eigenvalue weighted by Gasteiger charge is -2.31. The maximum Gasteiger partial charge on any atom is 0.341 e. The Morgan fingerprint density at radius 3 is 2.33 bits per heavy atom. The van der Waals surface area contributed by atoms with Gasteiger partial charge >= 0.3 is 5.76 Å². The summed E-state index contributed by atoms with van der Waals surface area (Å²) in [5, 5.41) is 2.85. The number of hydrogen-bond donors (Lipinski definition) is 1. The zero-order valence-electron chi connectivity index (χ0n) is 16.9. The van der Waals surface area contributed by atoms with Crippen LogP contribution in [0.5, 0.6) is 0 Å². The lowest BCUT2D eigenvalue weighted by molar-refractivity contribution is 0.102. The van der Waals surface area contributed by atoms with Crippen LogP contribution in [0, 0.1) is 0 Å². The Kier molecular flexibility index (Phi) is 7.20. The van der Waals surface area contributed by atoms with Gasteiger partial charge in [-0.25, -0.2) is 8.42 Å². The van der Waals surface area contributed by atoms with Crippen molar-refractivity contribution in [2.45, 2.75) is 55.3 Å². The summed E-state index contributed by atoms with van der Waals surface area (Å²) >= 11 is 0. The molecule has 5 nitrogen and oxygen atoms in total. The van der Waals surface area contributed by atoms with E-state index in [1.807, 2.05) is 24.3 Å². The predicted octanol–water partition coefficient (Wildman–Crippen LogP) is 4.70. The van der Waals surface area contributed by atoms with E-state index < -0.39 is 26.4 Å². The minimum atomic E-state index is -4.68. The summed E-state index contributed by atoms with van der Waals surface area (Å²) in [5.74, 6) is -3.92. The van der Waals surface area contributed by atoms with Crippen LogP contribution >= 0.6 is 0 Å². The summed E-state index contributed by atoms with van der Waals surface area (Å²) in [4.78, 5) is 14.4. The molecule has 1 aliphatic carbocycles. The van der Waals surface area contributed by atoms with E-state index in [9.17, 15) is 22.0 Å². The van der Waals surface area contributed by atoms with Gasteiger partial charge in [0.1, 0.15) is 0 Å². The molecular formula is C22H26F2N2O3S. The standard InChI is InChI=1S/C22H26F2N2O3S/c1-26(18-8-3-2-4-9-18)15-17-7-5-6-10-20(17)25-21(27)16-11-13-19(14-12-16)30(28,29)22(23)24/h5-7,10-14,18,22H,2-4,8-9,15H2,1H3,(H,25,27). The summed E-state index contributed by atoms with van der Waals surface area (Å²) in [7, 11) is -2.59. The van der Waals surface area contributed by atoms with Crippen LogP contribution in [0.25, 0.3) is 0 Å². The molecule has 162 valence electrons. The van der Waals surface area contributed by atoms with Gasteiger partial charge in [-0.3, -0.25) is 9.69 Å². The number of carbonyl (C=O) groups is 1. The predicted molar refractivity (Wildman–Crippen MR) is 112 cm³/mol. The maximum atomic E-state index is 12.7. The van der Waals surface area contributed by atoms with Crippen LogP contribution in [0.4, 0.5) is 14.5 Å². The summed E-state index contributed by atoms with van der Waals surface area (Å²) in [6.07, 6.45) is 6.13. The molecular weight excluding hydrogens is 410 g/mol. The third kappa shape index (κ3) is 5.23. The molecule has 1 amide bonds. The van der Waals surface area contributed by atoms with Gasteiger partial charge in [-0.05, 0) is 55.8 Å². The molecule has 0 aliphatic heterocycles. The lowest BCUT2D eigenvalue weighted by Crippen LogP contribution is -2.33. The largest absolute Gasteiger partial charge is 0.341 e. The fraction of sp³-hybridized carbons (Fsp3) is 0.409. The number of para-hydroxylation sites is 1. The molecule has 0 spiro atoms. The fourth-order valence-corrected chi connectivity index (χ4v) is 4.51. The molecule has 0 aromatic heterocycles. The van der Waals surface area contributed by atoms with E-state index in [0.29, 0.717) is 18.3 Å². The van der Waals surface area contributed by atoms with E-state index in [1.165, 1.54) is 44.2 Å². The van der Waals surface area contributed by atoms with Crippen LogP contribution in [-0.2, 0) is 16.4 Å². The van der Waals surface area contributed by atoms with E-state index in [-0.39, 0.29) is 5.56 Å². The highest BCUT2D eigenvalue weighted by Crippen LogP contribution is 2.25. The van der Waals surface area contributed by atoms with E-state index in [2.05, 4.69) is 17.3 Å². The zero-order chi connectivity index (χ0) is 21.7. The molecule has 1 fully saturated rings. The van der Waals surface area contributed by atoms with Gasteiger partial charge in [0.05, 0.1) is 4.90 Å². The topological polar surface area (TPSA) is 66.5 Å². The molecule has 0 radical (unpaired) electrons. The van der Waals surface area contributed by atoms with E-state index in [4.69, 9.17) is 0 Å². The number of amides is 1. The zero-order valence-corrected chi connectivity index (χ0v) is 17.7. The number of nitrogens with zero attached hydrogens (tertiary/aromatic N) is 1. The maximum absolute atomic E-state index is 12.7. The summed E-state index contributed by atoms with van der Waals surface area (Å²) in [5.41, 5.74) is 1.85. The molecule has 1 saturated carbocycles. The number of halogens is 2. The summed E-state index contributed by atoms with van der Waals surface area (Å²) in [6.45, 7) is 0.701. The number of anilines is 1. The van der Waals surface area contributed by atoms with Crippen LogP contribution in [0.3, 0.4) is 0 Å². The molecule has 3 rings (SSSR count). The Hall–Kier alpha value is -2.32. The average molecular weight is 437 g/mol. The monoisotopic (exact) mass is 436 g/mol. The molecule has 0 saturated heterocycles. The number of rotatable bonds is 7. The smallest absolute Gasteiger partial charge is 0.322 e. The Labute approximate surface area is 176 Å². The number of benzene rings is 2. The fourth-order valence-electron chi connectivity index (χ4n) is 3.79. The quantitative estimate of drug-likeness (QED) is 0.683. The Morgan fingerprint density at radius 1 is 1.07 bits per heavy atom. The van der Waals surface area contributed by atoms with Crippen molar-refractivity contribution in [2.24, 2.45) is 0 Å². The van der Waals surface area contributed by atoms with Crippen molar-refractivity contribution < 1.29 is 22.0 Å². The second-order valence-electron chi connectivity index (χ2n) is 7.65. The van der Waals surface area contributed by atoms with Gasteiger partial charge < -0.3 is 5.32 Å². The van der Waals surface area contributed by atoms with Gasteiger partial charge in [0.25, 0.3) is 5.91 Å². The van der Waals surface area contributed by atoms with Crippen molar-refractivity contribution in [3.05, 3.63) is 59.7 Å². The molecule has 30 heavy (non-hydrogen) atoms. The molecule has 1 N–H and O–H groups in total. The van der Waals surface area contributed by atoms with E-state index in [1.54, 1.807) is 0 Å². The minimum Gasteiger partial charge on any atom is -0.322 e. The normalized spacial score (nSPS) is 15.5. The Bertz CT molecular complexity index is 972. The number of alkyl halides is 2. The van der Waals surface area contributed by atoms with Gasteiger partial charge in [-0.1, -0.05) is 37.5 Å².